The van der Waals surface area contributed by atoms with Gasteiger partial charge in [-0.2, -0.15) is 0 Å². The van der Waals surface area contributed by atoms with Crippen LogP contribution in [-0.4, -0.2) is 13.1 Å². The van der Waals surface area contributed by atoms with Gasteiger partial charge in [0.2, 0.25) is 0 Å². The molecule has 0 heterocycles. The maximum Gasteiger partial charge on any atom is 0.0265 e. The van der Waals surface area contributed by atoms with Crippen molar-refractivity contribution < 1.29 is 0 Å². The summed E-state index contributed by atoms with van der Waals surface area (Å²) >= 11 is 3.33. The summed E-state index contributed by atoms with van der Waals surface area (Å²) in [5.41, 5.74) is 0. The lowest BCUT2D eigenvalue weighted by molar-refractivity contribution is 0.515. The molecule has 0 bridgehead atoms. The molecule has 0 aliphatic carbocycles. The maximum atomic E-state index is 3.78. The number of halogens is 1. The van der Waals surface area contributed by atoms with Crippen LogP contribution in [0.1, 0.15) is 46.0 Å². The third-order valence-corrected chi connectivity index (χ3v) is 2.48. The van der Waals surface area contributed by atoms with Crippen LogP contribution in [-0.2, 0) is 0 Å². The Balaban J connectivity index is 2.96. The van der Waals surface area contributed by atoms with E-state index in [4.69, 9.17) is 0 Å². The lowest BCUT2D eigenvalue weighted by atomic mass is 10.0. The molecule has 0 rings (SSSR count). The van der Waals surface area contributed by atoms with Gasteiger partial charge in [-0.15, -0.1) is 0 Å². The molecule has 0 saturated heterocycles. The van der Waals surface area contributed by atoms with Gasteiger partial charge in [0, 0.05) is 11.0 Å². The minimum Gasteiger partial charge on any atom is -0.312 e. The highest BCUT2D eigenvalue weighted by atomic mass is 79.9. The van der Waals surface area contributed by atoms with Gasteiger partial charge in [0.05, 0.1) is 0 Å². The Morgan fingerprint density at radius 1 is 1.21 bits per heavy atom. The van der Waals surface area contributed by atoms with E-state index in [1.54, 1.807) is 0 Å². The van der Waals surface area contributed by atoms with Gasteiger partial charge in [-0.1, -0.05) is 62.0 Å². The summed E-state index contributed by atoms with van der Waals surface area (Å²) in [5.74, 6) is 0.866. The van der Waals surface area contributed by atoms with Crippen molar-refractivity contribution >= 4 is 15.9 Å². The summed E-state index contributed by atoms with van der Waals surface area (Å²) < 4.78 is 1.04. The molecular weight excluding hydrogens is 238 g/mol. The van der Waals surface area contributed by atoms with E-state index < -0.39 is 0 Å². The van der Waals surface area contributed by atoms with Gasteiger partial charge in [-0.25, -0.2) is 0 Å². The Morgan fingerprint density at radius 2 is 1.86 bits per heavy atom. The van der Waals surface area contributed by atoms with Crippen LogP contribution < -0.4 is 5.32 Å². The topological polar surface area (TPSA) is 12.0 Å². The quantitative estimate of drug-likeness (QED) is 0.617. The van der Waals surface area contributed by atoms with Crippen LogP contribution in [0.2, 0.25) is 0 Å². The van der Waals surface area contributed by atoms with E-state index in [2.05, 4.69) is 41.7 Å². The van der Waals surface area contributed by atoms with Crippen LogP contribution in [0.25, 0.3) is 0 Å². The Labute approximate surface area is 97.5 Å². The summed E-state index contributed by atoms with van der Waals surface area (Å²) in [4.78, 5) is 0. The summed E-state index contributed by atoms with van der Waals surface area (Å²) in [7, 11) is 0. The molecule has 0 aromatic carbocycles. The van der Waals surface area contributed by atoms with Crippen LogP contribution in [0.4, 0.5) is 0 Å². The zero-order chi connectivity index (χ0) is 10.8. The largest absolute Gasteiger partial charge is 0.312 e. The molecule has 0 fully saturated rings. The molecule has 2 heteroatoms. The first-order valence-corrected chi connectivity index (χ1v) is 6.46. The van der Waals surface area contributed by atoms with Crippen molar-refractivity contribution in [3.63, 3.8) is 0 Å². The van der Waals surface area contributed by atoms with E-state index in [1.807, 2.05) is 0 Å². The van der Waals surface area contributed by atoms with Gasteiger partial charge >= 0.3 is 0 Å². The number of rotatable bonds is 9. The first-order valence-electron chi connectivity index (χ1n) is 5.67. The van der Waals surface area contributed by atoms with E-state index in [9.17, 15) is 0 Å². The molecule has 14 heavy (non-hydrogen) atoms. The summed E-state index contributed by atoms with van der Waals surface area (Å²) in [6, 6.07) is 0. The van der Waals surface area contributed by atoms with Crippen LogP contribution in [0.5, 0.6) is 0 Å². The van der Waals surface area contributed by atoms with Gasteiger partial charge in [0.25, 0.3) is 0 Å². The Hall–Kier alpha value is 0.180. The SMILES string of the molecule is C=C(Br)CNCCCCCCC(C)C. The zero-order valence-electron chi connectivity index (χ0n) is 9.61. The lowest BCUT2D eigenvalue weighted by Gasteiger charge is -2.05. The van der Waals surface area contributed by atoms with Crippen LogP contribution in [0.15, 0.2) is 11.1 Å². The molecule has 0 atom stereocenters. The molecule has 0 aromatic heterocycles. The Morgan fingerprint density at radius 3 is 2.43 bits per heavy atom. The van der Waals surface area contributed by atoms with Crippen molar-refractivity contribution in [2.75, 3.05) is 13.1 Å². The molecule has 0 aliphatic heterocycles. The number of unbranched alkanes of at least 4 members (excludes halogenated alkanes) is 3. The summed E-state index contributed by atoms with van der Waals surface area (Å²) in [6.07, 6.45) is 6.80. The molecule has 0 aromatic rings. The summed E-state index contributed by atoms with van der Waals surface area (Å²) in [5, 5.41) is 3.34. The van der Waals surface area contributed by atoms with Crippen molar-refractivity contribution in [3.05, 3.63) is 11.1 Å². The van der Waals surface area contributed by atoms with Crippen LogP contribution in [0, 0.1) is 5.92 Å². The van der Waals surface area contributed by atoms with Crippen LogP contribution >= 0.6 is 15.9 Å². The molecule has 0 radical (unpaired) electrons. The Kier molecular flexibility index (Phi) is 9.85. The van der Waals surface area contributed by atoms with Gasteiger partial charge in [-0.05, 0) is 18.9 Å². The van der Waals surface area contributed by atoms with Crippen molar-refractivity contribution in [3.8, 4) is 0 Å². The van der Waals surface area contributed by atoms with E-state index in [1.165, 1.54) is 32.1 Å². The van der Waals surface area contributed by atoms with Gasteiger partial charge < -0.3 is 5.32 Å². The molecule has 0 saturated carbocycles. The van der Waals surface area contributed by atoms with Crippen molar-refractivity contribution in [2.24, 2.45) is 5.92 Å². The second-order valence-electron chi connectivity index (χ2n) is 4.29. The highest BCUT2D eigenvalue weighted by Crippen LogP contribution is 2.08. The first-order chi connectivity index (χ1) is 6.63. The first kappa shape index (κ1) is 14.2. The van der Waals surface area contributed by atoms with Crippen molar-refractivity contribution in [2.45, 2.75) is 46.0 Å². The molecule has 0 spiro atoms. The normalized spacial score (nSPS) is 10.9. The second kappa shape index (κ2) is 9.72. The lowest BCUT2D eigenvalue weighted by Crippen LogP contribution is -2.16. The molecular formula is C12H24BrN. The Bertz CT molecular complexity index is 143. The molecule has 0 unspecified atom stereocenters. The second-order valence-corrected chi connectivity index (χ2v) is 5.41. The van der Waals surface area contributed by atoms with E-state index in [-0.39, 0.29) is 0 Å². The average molecular weight is 262 g/mol. The van der Waals surface area contributed by atoms with Gasteiger partial charge in [0.15, 0.2) is 0 Å². The number of hydrogen-bond donors (Lipinski definition) is 1. The predicted molar refractivity (Wildman–Crippen MR) is 68.9 cm³/mol. The van der Waals surface area contributed by atoms with Gasteiger partial charge in [0.1, 0.15) is 0 Å². The van der Waals surface area contributed by atoms with Gasteiger partial charge in [-0.3, -0.25) is 0 Å². The smallest absolute Gasteiger partial charge is 0.0265 e. The highest BCUT2D eigenvalue weighted by molar-refractivity contribution is 9.11. The maximum absolute atomic E-state index is 3.78. The third kappa shape index (κ3) is 12.2. The zero-order valence-corrected chi connectivity index (χ0v) is 11.2. The number of hydrogen-bond acceptors (Lipinski definition) is 1. The molecule has 0 aliphatic rings. The fourth-order valence-electron chi connectivity index (χ4n) is 1.38. The van der Waals surface area contributed by atoms with Crippen LogP contribution in [0.3, 0.4) is 0 Å². The summed E-state index contributed by atoms with van der Waals surface area (Å²) in [6.45, 7) is 10.4. The molecule has 84 valence electrons. The minimum atomic E-state index is 0.866. The molecule has 1 N–H and O–H groups in total. The van der Waals surface area contributed by atoms with E-state index in [0.29, 0.717) is 0 Å². The highest BCUT2D eigenvalue weighted by Gasteiger charge is 1.94. The van der Waals surface area contributed by atoms with E-state index >= 15 is 0 Å². The predicted octanol–water partition coefficient (Wildman–Crippen LogP) is 4.09. The fourth-order valence-corrected chi connectivity index (χ4v) is 1.58. The fraction of sp³-hybridized carbons (Fsp3) is 0.833. The van der Waals surface area contributed by atoms with Crippen molar-refractivity contribution in [1.82, 2.24) is 5.32 Å². The minimum absolute atomic E-state index is 0.866. The standard InChI is InChI=1S/C12H24BrN/c1-11(2)8-6-4-5-7-9-14-10-12(3)13/h11,14H,3-10H2,1-2H3. The van der Waals surface area contributed by atoms with Crippen molar-refractivity contribution in [1.29, 1.82) is 0 Å². The third-order valence-electron chi connectivity index (χ3n) is 2.20. The average Bonchev–Trinajstić information content (AvgIpc) is 2.08. The molecule has 0 amide bonds. The number of nitrogens with one attached hydrogen (secondary N) is 1. The molecule has 1 nitrogen and oxygen atoms in total. The van der Waals surface area contributed by atoms with E-state index in [0.717, 1.165) is 23.5 Å². The monoisotopic (exact) mass is 261 g/mol.